The highest BCUT2D eigenvalue weighted by atomic mass is 16.5. The molecule has 25 heavy (non-hydrogen) atoms. The molecule has 3 unspecified atom stereocenters. The lowest BCUT2D eigenvalue weighted by Gasteiger charge is -2.22. The van der Waals surface area contributed by atoms with Gasteiger partial charge in [-0.25, -0.2) is 0 Å². The Labute approximate surface area is 148 Å². The molecule has 0 aromatic carbocycles. The molecular weight excluding hydrogens is 322 g/mol. The molecule has 1 aromatic heterocycles. The largest absolute Gasteiger partial charge is 0.494 e. The Morgan fingerprint density at radius 1 is 1.12 bits per heavy atom. The number of aromatic nitrogens is 1. The molecule has 2 aliphatic rings. The Balaban J connectivity index is 1.65. The zero-order chi connectivity index (χ0) is 18.0. The summed E-state index contributed by atoms with van der Waals surface area (Å²) >= 11 is 0. The third kappa shape index (κ3) is 3.34. The van der Waals surface area contributed by atoms with Crippen LogP contribution in [0.25, 0.3) is 0 Å². The molecule has 0 amide bonds. The summed E-state index contributed by atoms with van der Waals surface area (Å²) in [6.07, 6.45) is 5.78. The summed E-state index contributed by atoms with van der Waals surface area (Å²) in [4.78, 5) is 0. The molecule has 0 aliphatic heterocycles. The van der Waals surface area contributed by atoms with Crippen molar-refractivity contribution in [3.05, 3.63) is 35.4 Å². The van der Waals surface area contributed by atoms with Gasteiger partial charge in [0.25, 0.3) is 0 Å². The average molecular weight is 349 g/mol. The second kappa shape index (κ2) is 7.64. The van der Waals surface area contributed by atoms with Gasteiger partial charge in [0.2, 0.25) is 0 Å². The molecule has 3 N–H and O–H groups in total. The molecule has 0 fully saturated rings. The Kier molecular flexibility index (Phi) is 5.51. The lowest BCUT2D eigenvalue weighted by atomic mass is 10.0. The molecule has 3 rings (SSSR count). The lowest BCUT2D eigenvalue weighted by molar-refractivity contribution is 0.0304. The Hall–Kier alpha value is -1.76. The van der Waals surface area contributed by atoms with E-state index >= 15 is 0 Å². The van der Waals surface area contributed by atoms with Gasteiger partial charge in [-0.3, -0.25) is 4.57 Å². The molecule has 3 atom stereocenters. The summed E-state index contributed by atoms with van der Waals surface area (Å²) in [7, 11) is 0. The SMILES string of the molecule is C=C(C)C(CCOCCOCCO)n1c(O)c2c(c1O)C1C=CC2C1. The van der Waals surface area contributed by atoms with E-state index in [2.05, 4.69) is 18.7 Å². The van der Waals surface area contributed by atoms with Gasteiger partial charge < -0.3 is 24.8 Å². The Morgan fingerprint density at radius 2 is 1.68 bits per heavy atom. The molecule has 0 saturated heterocycles. The van der Waals surface area contributed by atoms with Gasteiger partial charge >= 0.3 is 0 Å². The van der Waals surface area contributed by atoms with Crippen molar-refractivity contribution in [2.75, 3.05) is 33.0 Å². The fourth-order valence-electron chi connectivity index (χ4n) is 3.93. The minimum absolute atomic E-state index is 0.00538. The molecule has 6 nitrogen and oxygen atoms in total. The number of nitrogens with zero attached hydrogens (tertiary/aromatic N) is 1. The molecule has 2 bridgehead atoms. The normalized spacial score (nSPS) is 21.7. The lowest BCUT2D eigenvalue weighted by Crippen LogP contribution is -2.14. The van der Waals surface area contributed by atoms with Crippen LogP contribution >= 0.6 is 0 Å². The van der Waals surface area contributed by atoms with E-state index in [1.165, 1.54) is 0 Å². The highest BCUT2D eigenvalue weighted by Gasteiger charge is 2.42. The van der Waals surface area contributed by atoms with Crippen molar-refractivity contribution >= 4 is 0 Å². The maximum atomic E-state index is 10.7. The molecule has 1 heterocycles. The Morgan fingerprint density at radius 3 is 2.20 bits per heavy atom. The van der Waals surface area contributed by atoms with Gasteiger partial charge in [-0.1, -0.05) is 24.3 Å². The molecular formula is C19H27NO5. The second-order valence-electron chi connectivity index (χ2n) is 6.78. The van der Waals surface area contributed by atoms with Crippen LogP contribution in [0.2, 0.25) is 0 Å². The zero-order valence-corrected chi connectivity index (χ0v) is 14.6. The maximum Gasteiger partial charge on any atom is 0.198 e. The summed E-state index contributed by atoms with van der Waals surface area (Å²) in [5.74, 6) is 0.725. The third-order valence-electron chi connectivity index (χ3n) is 5.08. The van der Waals surface area contributed by atoms with E-state index in [4.69, 9.17) is 14.6 Å². The minimum Gasteiger partial charge on any atom is -0.494 e. The van der Waals surface area contributed by atoms with Crippen molar-refractivity contribution in [1.29, 1.82) is 0 Å². The molecule has 0 radical (unpaired) electrons. The van der Waals surface area contributed by atoms with Gasteiger partial charge in [-0.05, 0) is 19.8 Å². The zero-order valence-electron chi connectivity index (χ0n) is 14.6. The summed E-state index contributed by atoms with van der Waals surface area (Å²) in [6, 6.07) is -0.219. The minimum atomic E-state index is -0.219. The summed E-state index contributed by atoms with van der Waals surface area (Å²) in [5.41, 5.74) is 2.60. The van der Waals surface area contributed by atoms with E-state index in [0.717, 1.165) is 23.1 Å². The first-order chi connectivity index (χ1) is 12.1. The fourth-order valence-corrected chi connectivity index (χ4v) is 3.93. The highest BCUT2D eigenvalue weighted by molar-refractivity contribution is 5.59. The number of aliphatic hydroxyl groups excluding tert-OH is 1. The summed E-state index contributed by atoms with van der Waals surface area (Å²) < 4.78 is 12.3. The van der Waals surface area contributed by atoms with Crippen molar-refractivity contribution in [3.8, 4) is 11.8 Å². The first kappa shape index (κ1) is 18.0. The van der Waals surface area contributed by atoms with Crippen molar-refractivity contribution in [2.45, 2.75) is 37.6 Å². The van der Waals surface area contributed by atoms with E-state index in [-0.39, 0.29) is 36.2 Å². The van der Waals surface area contributed by atoms with Crippen LogP contribution in [0.5, 0.6) is 11.8 Å². The van der Waals surface area contributed by atoms with Crippen molar-refractivity contribution in [3.63, 3.8) is 0 Å². The monoisotopic (exact) mass is 349 g/mol. The van der Waals surface area contributed by atoms with Crippen LogP contribution in [0, 0.1) is 0 Å². The predicted molar refractivity (Wildman–Crippen MR) is 94.2 cm³/mol. The van der Waals surface area contributed by atoms with E-state index < -0.39 is 0 Å². The molecule has 1 aromatic rings. The summed E-state index contributed by atoms with van der Waals surface area (Å²) in [5, 5.41) is 30.1. The summed E-state index contributed by atoms with van der Waals surface area (Å²) in [6.45, 7) is 7.57. The van der Waals surface area contributed by atoms with Crippen molar-refractivity contribution in [1.82, 2.24) is 4.57 Å². The van der Waals surface area contributed by atoms with Crippen molar-refractivity contribution in [2.24, 2.45) is 0 Å². The topological polar surface area (TPSA) is 84.1 Å². The number of ether oxygens (including phenoxy) is 2. The van der Waals surface area contributed by atoms with Crippen LogP contribution in [0.15, 0.2) is 24.3 Å². The van der Waals surface area contributed by atoms with Crippen LogP contribution in [0.3, 0.4) is 0 Å². The number of hydrogen-bond donors (Lipinski definition) is 3. The van der Waals surface area contributed by atoms with Gasteiger partial charge in [-0.2, -0.15) is 0 Å². The molecule has 0 spiro atoms. The van der Waals surface area contributed by atoms with Gasteiger partial charge in [0.15, 0.2) is 11.8 Å². The number of aromatic hydroxyl groups is 2. The maximum absolute atomic E-state index is 10.7. The number of fused-ring (bicyclic) bond motifs is 5. The standard InChI is InChI=1S/C19H27NO5/c1-12(2)15(5-7-24-9-10-25-8-6-21)20-18(22)16-13-3-4-14(11-13)17(16)19(20)23/h3-4,13-15,21-23H,1,5-11H2,2H3. The van der Waals surface area contributed by atoms with E-state index in [9.17, 15) is 10.2 Å². The van der Waals surface area contributed by atoms with Gasteiger partial charge in [0, 0.05) is 29.6 Å². The van der Waals surface area contributed by atoms with Gasteiger partial charge in [-0.15, -0.1) is 0 Å². The first-order valence-corrected chi connectivity index (χ1v) is 8.82. The van der Waals surface area contributed by atoms with E-state index in [1.807, 2.05) is 6.92 Å². The van der Waals surface area contributed by atoms with Gasteiger partial charge in [0.05, 0.1) is 32.5 Å². The van der Waals surface area contributed by atoms with E-state index in [0.29, 0.717) is 32.8 Å². The van der Waals surface area contributed by atoms with Crippen LogP contribution < -0.4 is 0 Å². The second-order valence-corrected chi connectivity index (χ2v) is 6.78. The molecule has 0 saturated carbocycles. The quantitative estimate of drug-likeness (QED) is 0.447. The number of allylic oxidation sites excluding steroid dienone is 3. The highest BCUT2D eigenvalue weighted by Crippen LogP contribution is 2.57. The smallest absolute Gasteiger partial charge is 0.198 e. The Bertz CT molecular complexity index is 628. The fraction of sp³-hybridized carbons (Fsp3) is 0.579. The molecule has 138 valence electrons. The van der Waals surface area contributed by atoms with Crippen LogP contribution in [-0.2, 0) is 9.47 Å². The number of aliphatic hydroxyl groups is 1. The number of rotatable bonds is 10. The first-order valence-electron chi connectivity index (χ1n) is 8.82. The number of hydrogen-bond acceptors (Lipinski definition) is 5. The van der Waals surface area contributed by atoms with Crippen LogP contribution in [0.1, 0.15) is 48.8 Å². The third-order valence-corrected chi connectivity index (χ3v) is 5.08. The van der Waals surface area contributed by atoms with Crippen LogP contribution in [-0.4, -0.2) is 52.9 Å². The predicted octanol–water partition coefficient (Wildman–Crippen LogP) is 2.57. The van der Waals surface area contributed by atoms with Gasteiger partial charge in [0.1, 0.15) is 0 Å². The van der Waals surface area contributed by atoms with Crippen LogP contribution in [0.4, 0.5) is 0 Å². The molecule has 6 heteroatoms. The average Bonchev–Trinajstić information content (AvgIpc) is 3.25. The van der Waals surface area contributed by atoms with Crippen molar-refractivity contribution < 1.29 is 24.8 Å². The van der Waals surface area contributed by atoms with E-state index in [1.54, 1.807) is 4.57 Å². The molecule has 2 aliphatic carbocycles.